The Morgan fingerprint density at radius 3 is 2.41 bits per heavy atom. The molecule has 1 N–H and O–H groups in total. The monoisotopic (exact) mass is 239 g/mol. The van der Waals surface area contributed by atoms with Crippen LogP contribution >= 0.6 is 0 Å². The van der Waals surface area contributed by atoms with Crippen LogP contribution in [0.25, 0.3) is 0 Å². The smallest absolute Gasteiger partial charge is 0.309 e. The Hall–Kier alpha value is -0.570. The summed E-state index contributed by atoms with van der Waals surface area (Å²) in [7, 11) is 0. The minimum absolute atomic E-state index is 0.422. The summed E-state index contributed by atoms with van der Waals surface area (Å²) >= 11 is 0. The van der Waals surface area contributed by atoms with E-state index in [0.29, 0.717) is 6.04 Å². The van der Waals surface area contributed by atoms with E-state index in [1.807, 2.05) is 0 Å². The maximum absolute atomic E-state index is 11.5. The minimum Gasteiger partial charge on any atom is -0.481 e. The van der Waals surface area contributed by atoms with Gasteiger partial charge < -0.3 is 10.0 Å². The summed E-state index contributed by atoms with van der Waals surface area (Å²) in [5.41, 5.74) is -0.422. The van der Waals surface area contributed by atoms with Crippen molar-refractivity contribution in [2.24, 2.45) is 11.3 Å². The molecular weight excluding hydrogens is 214 g/mol. The van der Waals surface area contributed by atoms with Crippen molar-refractivity contribution in [2.75, 3.05) is 13.1 Å². The number of rotatable bonds is 5. The highest BCUT2D eigenvalue weighted by molar-refractivity contribution is 5.74. The molecule has 0 aromatic rings. The van der Waals surface area contributed by atoms with Crippen LogP contribution in [0.3, 0.4) is 0 Å². The summed E-state index contributed by atoms with van der Waals surface area (Å²) in [4.78, 5) is 14.0. The fraction of sp³-hybridized carbons (Fsp3) is 0.929. The molecule has 0 spiro atoms. The Balaban J connectivity index is 1.92. The lowest BCUT2D eigenvalue weighted by atomic mass is 9.74. The molecule has 0 aromatic carbocycles. The predicted octanol–water partition coefficient (Wildman–Crippen LogP) is 2.75. The molecule has 2 rings (SSSR count). The number of piperidine rings is 1. The van der Waals surface area contributed by atoms with Gasteiger partial charge in [0.1, 0.15) is 0 Å². The molecule has 1 heterocycles. The molecule has 1 aliphatic heterocycles. The van der Waals surface area contributed by atoms with E-state index in [1.165, 1.54) is 12.8 Å². The van der Waals surface area contributed by atoms with Crippen molar-refractivity contribution >= 4 is 5.97 Å². The third-order valence-electron chi connectivity index (χ3n) is 4.82. The Morgan fingerprint density at radius 2 is 2.00 bits per heavy atom. The van der Waals surface area contributed by atoms with Gasteiger partial charge in [0.15, 0.2) is 0 Å². The van der Waals surface area contributed by atoms with Gasteiger partial charge in [0, 0.05) is 6.04 Å². The number of carbonyl (C=O) groups is 1. The highest BCUT2D eigenvalue weighted by atomic mass is 16.4. The van der Waals surface area contributed by atoms with E-state index in [2.05, 4.69) is 18.7 Å². The number of hydrogen-bond donors (Lipinski definition) is 1. The molecular formula is C14H25NO2. The van der Waals surface area contributed by atoms with Crippen molar-refractivity contribution in [3.8, 4) is 0 Å². The van der Waals surface area contributed by atoms with Crippen molar-refractivity contribution in [1.82, 2.24) is 4.90 Å². The van der Waals surface area contributed by atoms with Gasteiger partial charge in [-0.05, 0) is 58.0 Å². The van der Waals surface area contributed by atoms with Gasteiger partial charge in [0.05, 0.1) is 5.41 Å². The number of nitrogens with zero attached hydrogens (tertiary/aromatic N) is 1. The molecule has 0 aromatic heterocycles. The van der Waals surface area contributed by atoms with Crippen LogP contribution in [0.5, 0.6) is 0 Å². The SMILES string of the molecule is CCCC1(C(=O)O)CCN(C(C)C2CC2)CC1. The van der Waals surface area contributed by atoms with Crippen LogP contribution in [-0.2, 0) is 4.79 Å². The van der Waals surface area contributed by atoms with E-state index in [9.17, 15) is 9.90 Å². The molecule has 17 heavy (non-hydrogen) atoms. The highest BCUT2D eigenvalue weighted by Crippen LogP contribution is 2.40. The Kier molecular flexibility index (Phi) is 3.76. The maximum atomic E-state index is 11.5. The first kappa shape index (κ1) is 12.9. The average Bonchev–Trinajstić information content (AvgIpc) is 3.13. The molecule has 3 nitrogen and oxygen atoms in total. The van der Waals surface area contributed by atoms with Crippen LogP contribution in [0.2, 0.25) is 0 Å². The lowest BCUT2D eigenvalue weighted by molar-refractivity contribution is -0.153. The molecule has 98 valence electrons. The zero-order valence-electron chi connectivity index (χ0n) is 11.1. The molecule has 0 radical (unpaired) electrons. The van der Waals surface area contributed by atoms with Crippen LogP contribution < -0.4 is 0 Å². The lowest BCUT2D eigenvalue weighted by Crippen LogP contribution is -2.47. The quantitative estimate of drug-likeness (QED) is 0.802. The molecule has 3 heteroatoms. The van der Waals surface area contributed by atoms with Crippen LogP contribution in [-0.4, -0.2) is 35.1 Å². The van der Waals surface area contributed by atoms with E-state index in [4.69, 9.17) is 0 Å². The van der Waals surface area contributed by atoms with Gasteiger partial charge in [-0.25, -0.2) is 0 Å². The summed E-state index contributed by atoms with van der Waals surface area (Å²) in [5.74, 6) is 0.316. The first-order valence-electron chi connectivity index (χ1n) is 7.06. The average molecular weight is 239 g/mol. The van der Waals surface area contributed by atoms with Gasteiger partial charge in [-0.2, -0.15) is 0 Å². The maximum Gasteiger partial charge on any atom is 0.309 e. The van der Waals surface area contributed by atoms with Crippen LogP contribution in [0.15, 0.2) is 0 Å². The van der Waals surface area contributed by atoms with Crippen LogP contribution in [0, 0.1) is 11.3 Å². The van der Waals surface area contributed by atoms with Crippen LogP contribution in [0.4, 0.5) is 0 Å². The summed E-state index contributed by atoms with van der Waals surface area (Å²) in [6.45, 7) is 6.35. The van der Waals surface area contributed by atoms with Gasteiger partial charge in [-0.15, -0.1) is 0 Å². The summed E-state index contributed by atoms with van der Waals surface area (Å²) in [5, 5.41) is 9.45. The molecule has 1 aliphatic carbocycles. The second-order valence-corrected chi connectivity index (χ2v) is 5.95. The van der Waals surface area contributed by atoms with Crippen molar-refractivity contribution < 1.29 is 9.90 Å². The van der Waals surface area contributed by atoms with Crippen LogP contribution in [0.1, 0.15) is 52.4 Å². The number of likely N-dealkylation sites (tertiary alicyclic amines) is 1. The predicted molar refractivity (Wildman–Crippen MR) is 68.0 cm³/mol. The standard InChI is InChI=1S/C14H25NO2/c1-3-6-14(13(16)17)7-9-15(10-8-14)11(2)12-4-5-12/h11-12H,3-10H2,1-2H3,(H,16,17). The van der Waals surface area contributed by atoms with Gasteiger partial charge in [-0.3, -0.25) is 4.79 Å². The van der Waals surface area contributed by atoms with Crippen molar-refractivity contribution in [2.45, 2.75) is 58.4 Å². The second-order valence-electron chi connectivity index (χ2n) is 5.95. The molecule has 1 unspecified atom stereocenters. The van der Waals surface area contributed by atoms with Crippen molar-refractivity contribution in [1.29, 1.82) is 0 Å². The van der Waals surface area contributed by atoms with E-state index >= 15 is 0 Å². The number of carboxylic acids is 1. The molecule has 0 amide bonds. The minimum atomic E-state index is -0.571. The van der Waals surface area contributed by atoms with Crippen molar-refractivity contribution in [3.05, 3.63) is 0 Å². The Labute approximate surface area is 104 Å². The van der Waals surface area contributed by atoms with Gasteiger partial charge in [0.2, 0.25) is 0 Å². The molecule has 0 bridgehead atoms. The Morgan fingerprint density at radius 1 is 1.41 bits per heavy atom. The summed E-state index contributed by atoms with van der Waals surface area (Å²) < 4.78 is 0. The Bertz CT molecular complexity index is 278. The number of carboxylic acid groups (broad SMARTS) is 1. The lowest BCUT2D eigenvalue weighted by Gasteiger charge is -2.41. The largest absolute Gasteiger partial charge is 0.481 e. The summed E-state index contributed by atoms with van der Waals surface area (Å²) in [6, 6.07) is 0.670. The zero-order chi connectivity index (χ0) is 12.5. The fourth-order valence-corrected chi connectivity index (χ4v) is 3.29. The number of hydrogen-bond acceptors (Lipinski definition) is 2. The van der Waals surface area contributed by atoms with Crippen molar-refractivity contribution in [3.63, 3.8) is 0 Å². The molecule has 1 saturated heterocycles. The molecule has 1 saturated carbocycles. The normalized spacial score (nSPS) is 26.7. The third-order valence-corrected chi connectivity index (χ3v) is 4.82. The molecule has 1 atom stereocenters. The van der Waals surface area contributed by atoms with E-state index in [0.717, 1.165) is 44.7 Å². The zero-order valence-corrected chi connectivity index (χ0v) is 11.1. The van der Waals surface area contributed by atoms with Gasteiger partial charge in [0.25, 0.3) is 0 Å². The molecule has 2 aliphatic rings. The third kappa shape index (κ3) is 2.65. The van der Waals surface area contributed by atoms with Gasteiger partial charge in [-0.1, -0.05) is 13.3 Å². The first-order valence-corrected chi connectivity index (χ1v) is 7.06. The highest BCUT2D eigenvalue weighted by Gasteiger charge is 2.43. The van der Waals surface area contributed by atoms with Gasteiger partial charge >= 0.3 is 5.97 Å². The summed E-state index contributed by atoms with van der Waals surface area (Å²) in [6.07, 6.45) is 6.24. The second kappa shape index (κ2) is 4.97. The molecule has 2 fully saturated rings. The van der Waals surface area contributed by atoms with E-state index in [-0.39, 0.29) is 0 Å². The number of aliphatic carboxylic acids is 1. The van der Waals surface area contributed by atoms with E-state index < -0.39 is 11.4 Å². The topological polar surface area (TPSA) is 40.5 Å². The first-order chi connectivity index (χ1) is 8.09. The fourth-order valence-electron chi connectivity index (χ4n) is 3.29. The van der Waals surface area contributed by atoms with E-state index in [1.54, 1.807) is 0 Å².